The van der Waals surface area contributed by atoms with Crippen molar-refractivity contribution in [3.8, 4) is 11.8 Å². The predicted molar refractivity (Wildman–Crippen MR) is 101 cm³/mol. The molecule has 0 saturated heterocycles. The number of esters is 2. The van der Waals surface area contributed by atoms with Crippen LogP contribution in [0.4, 0.5) is 0 Å². The van der Waals surface area contributed by atoms with E-state index in [1.54, 1.807) is 36.4 Å². The van der Waals surface area contributed by atoms with Gasteiger partial charge in [-0.15, -0.1) is 10.2 Å². The number of pyridine rings is 2. The van der Waals surface area contributed by atoms with E-state index in [4.69, 9.17) is 9.47 Å². The number of carbonyl (C=O) groups excluding carboxylic acids is 2. The Bertz CT molecular complexity index is 1080. The van der Waals surface area contributed by atoms with Crippen molar-refractivity contribution >= 4 is 23.2 Å². The number of nitrogens with zero attached hydrogens (tertiary/aromatic N) is 8. The van der Waals surface area contributed by atoms with Crippen LogP contribution in [-0.4, -0.2) is 52.0 Å². The predicted octanol–water partition coefficient (Wildman–Crippen LogP) is 1.41. The highest BCUT2D eigenvalue weighted by atomic mass is 16.5. The van der Waals surface area contributed by atoms with E-state index in [0.29, 0.717) is 24.1 Å². The molecule has 4 aromatic heterocycles. The summed E-state index contributed by atoms with van der Waals surface area (Å²) in [5.74, 6) is -0.149. The van der Waals surface area contributed by atoms with Gasteiger partial charge in [0.15, 0.2) is 11.3 Å². The molecular formula is C18H18N8O4. The van der Waals surface area contributed by atoms with Gasteiger partial charge in [0.2, 0.25) is 11.8 Å². The van der Waals surface area contributed by atoms with Crippen LogP contribution in [-0.2, 0) is 9.59 Å². The van der Waals surface area contributed by atoms with Crippen LogP contribution in [0, 0.1) is 0 Å². The molecule has 4 rings (SSSR count). The fourth-order valence-electron chi connectivity index (χ4n) is 2.87. The lowest BCUT2D eigenvalue weighted by Crippen LogP contribution is -2.11. The summed E-state index contributed by atoms with van der Waals surface area (Å²) >= 11 is 0. The molecule has 12 nitrogen and oxygen atoms in total. The molecule has 30 heavy (non-hydrogen) atoms. The van der Waals surface area contributed by atoms with Crippen molar-refractivity contribution in [1.82, 2.24) is 40.1 Å². The molecule has 0 aromatic carbocycles. The Kier molecular flexibility index (Phi) is 5.83. The Hall–Kier alpha value is -3.96. The zero-order valence-corrected chi connectivity index (χ0v) is 15.9. The minimum atomic E-state index is -0.355. The van der Waals surface area contributed by atoms with E-state index in [1.165, 1.54) is 9.03 Å². The summed E-state index contributed by atoms with van der Waals surface area (Å²) in [6.07, 6.45) is 3.43. The largest absolute Gasteiger partial charge is 0.407 e. The first-order valence-electron chi connectivity index (χ1n) is 9.46. The lowest BCUT2D eigenvalue weighted by Gasteiger charge is -2.06. The first-order valence-corrected chi connectivity index (χ1v) is 9.46. The van der Waals surface area contributed by atoms with E-state index < -0.39 is 0 Å². The van der Waals surface area contributed by atoms with Crippen LogP contribution in [0.1, 0.15) is 38.5 Å². The monoisotopic (exact) mass is 410 g/mol. The Balaban J connectivity index is 1.13. The second-order valence-electron chi connectivity index (χ2n) is 6.49. The Morgan fingerprint density at radius 3 is 1.63 bits per heavy atom. The average molecular weight is 410 g/mol. The minimum absolute atomic E-state index is 0.268. The Morgan fingerprint density at radius 2 is 1.17 bits per heavy atom. The molecule has 0 N–H and O–H groups in total. The number of tetrazole rings is 2. The van der Waals surface area contributed by atoms with Crippen molar-refractivity contribution in [3.05, 3.63) is 36.4 Å². The van der Waals surface area contributed by atoms with E-state index >= 15 is 0 Å². The number of hydrogen-bond acceptors (Lipinski definition) is 10. The smallest absolute Gasteiger partial charge is 0.312 e. The van der Waals surface area contributed by atoms with Gasteiger partial charge >= 0.3 is 11.9 Å². The van der Waals surface area contributed by atoms with Crippen molar-refractivity contribution < 1.29 is 19.1 Å². The van der Waals surface area contributed by atoms with E-state index in [2.05, 4.69) is 31.1 Å². The normalized spacial score (nSPS) is 11.1. The highest BCUT2D eigenvalue weighted by Gasteiger charge is 2.11. The van der Waals surface area contributed by atoms with Crippen molar-refractivity contribution in [2.45, 2.75) is 38.5 Å². The first-order chi connectivity index (χ1) is 14.7. The standard InChI is InChI=1S/C18H18N8O4/c27-17(29-15-9-5-7-13-19-21-23-25(13)15)11-3-1-2-4-12-18(28)30-16-10-6-8-14-20-22-24-26(14)16/h5-10H,1-4,11-12H2. The van der Waals surface area contributed by atoms with E-state index in [0.717, 1.165) is 12.8 Å². The molecule has 154 valence electrons. The van der Waals surface area contributed by atoms with Crippen LogP contribution in [0.25, 0.3) is 11.3 Å². The quantitative estimate of drug-likeness (QED) is 0.294. The zero-order chi connectivity index (χ0) is 20.8. The van der Waals surface area contributed by atoms with Crippen LogP contribution in [0.15, 0.2) is 36.4 Å². The molecule has 0 saturated carbocycles. The molecule has 0 amide bonds. The molecule has 4 heterocycles. The second kappa shape index (κ2) is 9.03. The molecule has 0 spiro atoms. The summed E-state index contributed by atoms with van der Waals surface area (Å²) in [6, 6.07) is 10.1. The summed E-state index contributed by atoms with van der Waals surface area (Å²) < 4.78 is 13.4. The van der Waals surface area contributed by atoms with Crippen molar-refractivity contribution in [2.24, 2.45) is 0 Å². The molecular weight excluding hydrogens is 392 g/mol. The molecule has 0 aliphatic rings. The lowest BCUT2D eigenvalue weighted by molar-refractivity contribution is -0.136. The molecule has 0 atom stereocenters. The van der Waals surface area contributed by atoms with Gasteiger partial charge in [-0.3, -0.25) is 9.59 Å². The maximum absolute atomic E-state index is 12.0. The van der Waals surface area contributed by atoms with Gasteiger partial charge in [0.05, 0.1) is 0 Å². The number of hydrogen-bond donors (Lipinski definition) is 0. The minimum Gasteiger partial charge on any atom is -0.407 e. The molecule has 0 bridgehead atoms. The molecule has 12 heteroatoms. The summed E-state index contributed by atoms with van der Waals surface area (Å²) in [7, 11) is 0. The highest BCUT2D eigenvalue weighted by molar-refractivity contribution is 5.72. The van der Waals surface area contributed by atoms with Crippen LogP contribution in [0.3, 0.4) is 0 Å². The summed E-state index contributed by atoms with van der Waals surface area (Å²) in [5.41, 5.74) is 1.01. The fourth-order valence-corrected chi connectivity index (χ4v) is 2.87. The van der Waals surface area contributed by atoms with Gasteiger partial charge < -0.3 is 9.47 Å². The third-order valence-corrected chi connectivity index (χ3v) is 4.32. The number of ether oxygens (including phenoxy) is 2. The molecule has 0 fully saturated rings. The maximum atomic E-state index is 12.0. The van der Waals surface area contributed by atoms with Gasteiger partial charge in [0, 0.05) is 25.0 Å². The highest BCUT2D eigenvalue weighted by Crippen LogP contribution is 2.15. The lowest BCUT2D eigenvalue weighted by atomic mass is 10.1. The summed E-state index contributed by atoms with van der Waals surface area (Å²) in [6.45, 7) is 0. The van der Waals surface area contributed by atoms with E-state index in [1.807, 2.05) is 0 Å². The topological polar surface area (TPSA) is 139 Å². The number of fused-ring (bicyclic) bond motifs is 2. The summed E-state index contributed by atoms with van der Waals surface area (Å²) in [5, 5.41) is 22.2. The number of aromatic nitrogens is 8. The van der Waals surface area contributed by atoms with Crippen LogP contribution in [0.5, 0.6) is 11.8 Å². The molecule has 0 unspecified atom stereocenters. The number of rotatable bonds is 9. The Morgan fingerprint density at radius 1 is 0.700 bits per heavy atom. The molecule has 0 aliphatic heterocycles. The zero-order valence-electron chi connectivity index (χ0n) is 15.9. The van der Waals surface area contributed by atoms with Gasteiger partial charge in [0.25, 0.3) is 0 Å². The van der Waals surface area contributed by atoms with Gasteiger partial charge in [-0.05, 0) is 45.8 Å². The van der Waals surface area contributed by atoms with Crippen molar-refractivity contribution in [1.29, 1.82) is 0 Å². The second-order valence-corrected chi connectivity index (χ2v) is 6.49. The van der Waals surface area contributed by atoms with Gasteiger partial charge in [-0.25, -0.2) is 0 Å². The maximum Gasteiger partial charge on any atom is 0.312 e. The SMILES string of the molecule is O=C(CCCCCCC(=O)Oc1cccc2nnnn12)Oc1cccc2nnnn12. The average Bonchev–Trinajstić information content (AvgIpc) is 3.41. The Labute approximate surface area is 169 Å². The van der Waals surface area contributed by atoms with E-state index in [9.17, 15) is 9.59 Å². The third kappa shape index (κ3) is 4.54. The first kappa shape index (κ1) is 19.4. The fraction of sp³-hybridized carbons (Fsp3) is 0.333. The van der Waals surface area contributed by atoms with Crippen LogP contribution in [0.2, 0.25) is 0 Å². The van der Waals surface area contributed by atoms with Gasteiger partial charge in [0.1, 0.15) is 0 Å². The van der Waals surface area contributed by atoms with Crippen molar-refractivity contribution in [2.75, 3.05) is 0 Å². The third-order valence-electron chi connectivity index (χ3n) is 4.32. The molecule has 0 aliphatic carbocycles. The van der Waals surface area contributed by atoms with Gasteiger partial charge in [-0.2, -0.15) is 9.03 Å². The number of carbonyl (C=O) groups is 2. The van der Waals surface area contributed by atoms with Crippen LogP contribution >= 0.6 is 0 Å². The molecule has 4 aromatic rings. The van der Waals surface area contributed by atoms with Gasteiger partial charge in [-0.1, -0.05) is 25.0 Å². The van der Waals surface area contributed by atoms with E-state index in [-0.39, 0.29) is 36.5 Å². The van der Waals surface area contributed by atoms with Crippen LogP contribution < -0.4 is 9.47 Å². The molecule has 0 radical (unpaired) electrons. The van der Waals surface area contributed by atoms with Crippen molar-refractivity contribution in [3.63, 3.8) is 0 Å². The summed E-state index contributed by atoms with van der Waals surface area (Å²) in [4.78, 5) is 24.0. The number of unbranched alkanes of at least 4 members (excludes halogenated alkanes) is 3.